The van der Waals surface area contributed by atoms with Crippen molar-refractivity contribution >= 4 is 38.6 Å². The molecule has 4 aromatic rings. The van der Waals surface area contributed by atoms with Gasteiger partial charge in [0.2, 0.25) is 0 Å². The maximum atomic E-state index is 13.1. The van der Waals surface area contributed by atoms with Crippen molar-refractivity contribution in [2.24, 2.45) is 0 Å². The van der Waals surface area contributed by atoms with E-state index in [1.54, 1.807) is 61.8 Å². The van der Waals surface area contributed by atoms with Crippen LogP contribution in [0.2, 0.25) is 0 Å². The van der Waals surface area contributed by atoms with Gasteiger partial charge in [-0.1, -0.05) is 6.07 Å². The summed E-state index contributed by atoms with van der Waals surface area (Å²) < 4.78 is 32.5. The van der Waals surface area contributed by atoms with Gasteiger partial charge in [0.05, 0.1) is 17.7 Å². The van der Waals surface area contributed by atoms with Gasteiger partial charge < -0.3 is 10.1 Å². The number of hydrogen-bond donors (Lipinski definition) is 1. The number of methoxy groups -OCH3 is 1. The Hall–Kier alpha value is -3.69. The lowest BCUT2D eigenvalue weighted by Crippen LogP contribution is -2.26. The van der Waals surface area contributed by atoms with Crippen molar-refractivity contribution < 1.29 is 17.9 Å². The fourth-order valence-electron chi connectivity index (χ4n) is 3.15. The van der Waals surface area contributed by atoms with Crippen molar-refractivity contribution in [3.05, 3.63) is 89.9 Å². The maximum Gasteiger partial charge on any atom is 0.264 e. The fraction of sp³-hybridized carbons (Fsp3) is 0.0833. The van der Waals surface area contributed by atoms with Crippen molar-refractivity contribution in [2.45, 2.75) is 4.90 Å². The molecule has 1 amide bonds. The Bertz CT molecular complexity index is 1350. The van der Waals surface area contributed by atoms with Crippen LogP contribution >= 0.6 is 11.3 Å². The number of hydrogen-bond acceptors (Lipinski definition) is 6. The first-order chi connectivity index (χ1) is 15.9. The molecule has 7 nitrogen and oxygen atoms in total. The predicted molar refractivity (Wildman–Crippen MR) is 131 cm³/mol. The van der Waals surface area contributed by atoms with Crippen molar-refractivity contribution in [1.82, 2.24) is 4.98 Å². The zero-order chi connectivity index (χ0) is 23.4. The van der Waals surface area contributed by atoms with Crippen LogP contribution in [0, 0.1) is 0 Å². The quantitative estimate of drug-likeness (QED) is 0.407. The predicted octanol–water partition coefficient (Wildman–Crippen LogP) is 4.90. The summed E-state index contributed by atoms with van der Waals surface area (Å²) in [7, 11) is -0.855. The highest BCUT2D eigenvalue weighted by Gasteiger charge is 2.22. The number of sulfonamides is 1. The molecule has 1 N–H and O–H groups in total. The van der Waals surface area contributed by atoms with Crippen LogP contribution in [0.15, 0.2) is 89.3 Å². The van der Waals surface area contributed by atoms with Crippen LogP contribution in [-0.2, 0) is 10.0 Å². The largest absolute Gasteiger partial charge is 0.497 e. The first kappa shape index (κ1) is 22.5. The minimum Gasteiger partial charge on any atom is -0.497 e. The molecule has 4 rings (SSSR count). The molecule has 3 aromatic carbocycles. The number of amides is 1. The van der Waals surface area contributed by atoms with Crippen LogP contribution in [0.1, 0.15) is 10.4 Å². The molecule has 0 aliphatic rings. The standard InChI is InChI=1S/C24H21N3O4S2/c1-27(20-10-12-21(31-2)13-11-20)33(29,30)22-5-3-4-18(16-22)23(28)26-19-8-6-17(7-9-19)24-25-14-15-32-24/h3-16H,1-2H3,(H,26,28). The SMILES string of the molecule is COc1ccc(N(C)S(=O)(=O)c2cccc(C(=O)Nc3ccc(-c4nccs4)cc3)c2)cc1. The lowest BCUT2D eigenvalue weighted by molar-refractivity contribution is 0.102. The van der Waals surface area contributed by atoms with Gasteiger partial charge in [0.15, 0.2) is 0 Å². The summed E-state index contributed by atoms with van der Waals surface area (Å²) in [6, 6.07) is 20.0. The van der Waals surface area contributed by atoms with Gasteiger partial charge in [0.25, 0.3) is 15.9 Å². The molecular formula is C24H21N3O4S2. The van der Waals surface area contributed by atoms with E-state index in [1.165, 1.54) is 34.8 Å². The molecule has 1 heterocycles. The van der Waals surface area contributed by atoms with Crippen LogP contribution in [0.25, 0.3) is 10.6 Å². The van der Waals surface area contributed by atoms with E-state index in [0.29, 0.717) is 17.1 Å². The molecule has 0 aliphatic carbocycles. The molecular weight excluding hydrogens is 458 g/mol. The molecule has 0 fully saturated rings. The second kappa shape index (κ2) is 9.43. The van der Waals surface area contributed by atoms with Gasteiger partial charge in [-0.05, 0) is 66.7 Å². The van der Waals surface area contributed by atoms with Crippen LogP contribution in [-0.4, -0.2) is 33.5 Å². The topological polar surface area (TPSA) is 88.6 Å². The molecule has 0 aliphatic heterocycles. The van der Waals surface area contributed by atoms with Gasteiger partial charge in [-0.15, -0.1) is 11.3 Å². The summed E-state index contributed by atoms with van der Waals surface area (Å²) in [6.45, 7) is 0. The Labute approximate surface area is 196 Å². The van der Waals surface area contributed by atoms with Gasteiger partial charge in [0, 0.05) is 35.4 Å². The average molecular weight is 480 g/mol. The number of ether oxygens (including phenoxy) is 1. The number of carbonyl (C=O) groups is 1. The molecule has 0 saturated heterocycles. The molecule has 1 aromatic heterocycles. The van der Waals surface area contributed by atoms with Crippen molar-refractivity contribution in [3.63, 3.8) is 0 Å². The molecule has 9 heteroatoms. The zero-order valence-corrected chi connectivity index (χ0v) is 19.6. The Balaban J connectivity index is 1.52. The van der Waals surface area contributed by atoms with E-state index in [9.17, 15) is 13.2 Å². The minimum absolute atomic E-state index is 0.0209. The van der Waals surface area contributed by atoms with Gasteiger partial charge >= 0.3 is 0 Å². The summed E-state index contributed by atoms with van der Waals surface area (Å²) in [6.07, 6.45) is 1.74. The van der Waals surface area contributed by atoms with E-state index in [2.05, 4.69) is 10.3 Å². The smallest absolute Gasteiger partial charge is 0.264 e. The third-order valence-electron chi connectivity index (χ3n) is 5.01. The van der Waals surface area contributed by atoms with Gasteiger partial charge in [-0.3, -0.25) is 9.10 Å². The molecule has 168 valence electrons. The Morgan fingerprint density at radius 1 is 1.03 bits per heavy atom. The molecule has 0 radical (unpaired) electrons. The summed E-state index contributed by atoms with van der Waals surface area (Å²) >= 11 is 1.53. The van der Waals surface area contributed by atoms with Crippen LogP contribution in [0.4, 0.5) is 11.4 Å². The number of anilines is 2. The lowest BCUT2D eigenvalue weighted by Gasteiger charge is -2.20. The van der Waals surface area contributed by atoms with E-state index >= 15 is 0 Å². The lowest BCUT2D eigenvalue weighted by atomic mass is 10.2. The number of benzene rings is 3. The van der Waals surface area contributed by atoms with E-state index < -0.39 is 15.9 Å². The first-order valence-corrected chi connectivity index (χ1v) is 12.2. The van der Waals surface area contributed by atoms with Crippen LogP contribution < -0.4 is 14.4 Å². The molecule has 0 unspecified atom stereocenters. The molecule has 0 saturated carbocycles. The number of nitrogens with zero attached hydrogens (tertiary/aromatic N) is 2. The molecule has 0 bridgehead atoms. The summed E-state index contributed by atoms with van der Waals surface area (Å²) in [5.74, 6) is 0.226. The summed E-state index contributed by atoms with van der Waals surface area (Å²) in [4.78, 5) is 17.1. The number of nitrogens with one attached hydrogen (secondary N) is 1. The summed E-state index contributed by atoms with van der Waals surface area (Å²) in [5.41, 5.74) is 2.27. The van der Waals surface area contributed by atoms with Crippen LogP contribution in [0.3, 0.4) is 0 Å². The van der Waals surface area contributed by atoms with Crippen molar-refractivity contribution in [2.75, 3.05) is 23.8 Å². The monoisotopic (exact) mass is 479 g/mol. The highest BCUT2D eigenvalue weighted by molar-refractivity contribution is 7.92. The molecule has 33 heavy (non-hydrogen) atoms. The van der Waals surface area contributed by atoms with Gasteiger partial charge in [-0.25, -0.2) is 13.4 Å². The maximum absolute atomic E-state index is 13.1. The van der Waals surface area contributed by atoms with E-state index in [4.69, 9.17) is 4.74 Å². The van der Waals surface area contributed by atoms with Gasteiger partial charge in [0.1, 0.15) is 10.8 Å². The van der Waals surface area contributed by atoms with Crippen molar-refractivity contribution in [3.8, 4) is 16.3 Å². The minimum atomic E-state index is -3.86. The Morgan fingerprint density at radius 3 is 2.39 bits per heavy atom. The fourth-order valence-corrected chi connectivity index (χ4v) is 5.04. The number of thiazole rings is 1. The van der Waals surface area contributed by atoms with E-state index in [1.807, 2.05) is 17.5 Å². The van der Waals surface area contributed by atoms with E-state index in [-0.39, 0.29) is 10.5 Å². The third kappa shape index (κ3) is 4.89. The average Bonchev–Trinajstić information content (AvgIpc) is 3.39. The van der Waals surface area contributed by atoms with Crippen LogP contribution in [0.5, 0.6) is 5.75 Å². The molecule has 0 atom stereocenters. The number of rotatable bonds is 7. The first-order valence-electron chi connectivity index (χ1n) is 9.93. The molecule has 0 spiro atoms. The number of aromatic nitrogens is 1. The second-order valence-corrected chi connectivity index (χ2v) is 9.93. The Morgan fingerprint density at radius 2 is 1.76 bits per heavy atom. The summed E-state index contributed by atoms with van der Waals surface area (Å²) in [5, 5.41) is 5.60. The normalized spacial score (nSPS) is 11.1. The van der Waals surface area contributed by atoms with E-state index in [0.717, 1.165) is 10.6 Å². The number of carbonyl (C=O) groups excluding carboxylic acids is 1. The van der Waals surface area contributed by atoms with Crippen molar-refractivity contribution in [1.29, 1.82) is 0 Å². The third-order valence-corrected chi connectivity index (χ3v) is 7.62. The zero-order valence-electron chi connectivity index (χ0n) is 17.9. The van der Waals surface area contributed by atoms with Gasteiger partial charge in [-0.2, -0.15) is 0 Å². The highest BCUT2D eigenvalue weighted by Crippen LogP contribution is 2.26. The second-order valence-electron chi connectivity index (χ2n) is 7.07. The Kier molecular flexibility index (Phi) is 6.43. The highest BCUT2D eigenvalue weighted by atomic mass is 32.2.